The minimum Gasteiger partial charge on any atom is -0.362 e. The highest BCUT2D eigenvalue weighted by atomic mass is 32.1. The number of thiophene rings is 1. The molecule has 1 atom stereocenters. The maximum Gasteiger partial charge on any atom is 0.145 e. The Hall–Kier alpha value is -1.66. The maximum absolute atomic E-state index is 5.53. The predicted octanol–water partition coefficient (Wildman–Crippen LogP) is 3.65. The molecule has 1 unspecified atom stereocenters. The highest BCUT2D eigenvalue weighted by Crippen LogP contribution is 2.39. The Morgan fingerprint density at radius 1 is 1.38 bits per heavy atom. The lowest BCUT2D eigenvalue weighted by atomic mass is 10.1. The van der Waals surface area contributed by atoms with Crippen molar-refractivity contribution in [3.63, 3.8) is 0 Å². The van der Waals surface area contributed by atoms with Crippen LogP contribution in [0.2, 0.25) is 0 Å². The maximum atomic E-state index is 5.53. The number of nitrogens with one attached hydrogen (secondary N) is 2. The highest BCUT2D eigenvalue weighted by Gasteiger charge is 2.27. The van der Waals surface area contributed by atoms with E-state index in [1.54, 1.807) is 11.3 Å². The van der Waals surface area contributed by atoms with Gasteiger partial charge in [0.15, 0.2) is 0 Å². The van der Waals surface area contributed by atoms with Crippen molar-refractivity contribution in [2.24, 2.45) is 5.84 Å². The summed E-state index contributed by atoms with van der Waals surface area (Å²) in [5.74, 6) is 8.46. The van der Waals surface area contributed by atoms with Crippen LogP contribution >= 0.6 is 11.3 Å². The summed E-state index contributed by atoms with van der Waals surface area (Å²) in [4.78, 5) is 10.4. The van der Waals surface area contributed by atoms with E-state index in [0.717, 1.165) is 24.5 Å². The first-order chi connectivity index (χ1) is 10.3. The lowest BCUT2D eigenvalue weighted by molar-refractivity contribution is 0.683. The zero-order valence-electron chi connectivity index (χ0n) is 12.2. The van der Waals surface area contributed by atoms with E-state index in [-0.39, 0.29) is 0 Å². The topological polar surface area (TPSA) is 75.9 Å². The van der Waals surface area contributed by atoms with Crippen LogP contribution in [0.3, 0.4) is 0 Å². The smallest absolute Gasteiger partial charge is 0.145 e. The van der Waals surface area contributed by atoms with Gasteiger partial charge in [-0.1, -0.05) is 19.4 Å². The van der Waals surface area contributed by atoms with Gasteiger partial charge in [0.2, 0.25) is 0 Å². The first-order valence-electron chi connectivity index (χ1n) is 7.45. The van der Waals surface area contributed by atoms with E-state index in [1.807, 2.05) is 6.07 Å². The third-order valence-corrected chi connectivity index (χ3v) is 4.61. The van der Waals surface area contributed by atoms with Gasteiger partial charge in [-0.25, -0.2) is 15.8 Å². The molecule has 0 bridgehead atoms. The zero-order chi connectivity index (χ0) is 14.7. The lowest BCUT2D eigenvalue weighted by Crippen LogP contribution is -2.14. The molecule has 1 fully saturated rings. The van der Waals surface area contributed by atoms with Gasteiger partial charge in [-0.15, -0.1) is 11.3 Å². The average molecular weight is 303 g/mol. The zero-order valence-corrected chi connectivity index (χ0v) is 13.0. The number of nitrogen functional groups attached to an aromatic ring is 1. The fraction of sp³-hybridized carbons (Fsp3) is 0.467. The first-order valence-corrected chi connectivity index (χ1v) is 8.33. The van der Waals surface area contributed by atoms with E-state index in [4.69, 9.17) is 5.84 Å². The molecule has 1 aliphatic rings. The van der Waals surface area contributed by atoms with Crippen molar-refractivity contribution in [3.05, 3.63) is 34.3 Å². The Balaban J connectivity index is 1.83. The van der Waals surface area contributed by atoms with Crippen molar-refractivity contribution >= 4 is 23.0 Å². The summed E-state index contributed by atoms with van der Waals surface area (Å²) >= 11 is 1.78. The summed E-state index contributed by atoms with van der Waals surface area (Å²) in [6.07, 6.45) is 4.56. The fourth-order valence-corrected chi connectivity index (χ4v) is 3.19. The van der Waals surface area contributed by atoms with Gasteiger partial charge in [0, 0.05) is 16.9 Å². The molecule has 2 aromatic rings. The molecule has 0 radical (unpaired) electrons. The molecule has 0 spiro atoms. The molecule has 21 heavy (non-hydrogen) atoms. The van der Waals surface area contributed by atoms with Crippen LogP contribution in [0.5, 0.6) is 0 Å². The molecule has 6 heteroatoms. The van der Waals surface area contributed by atoms with Gasteiger partial charge in [-0.05, 0) is 30.7 Å². The molecular weight excluding hydrogens is 282 g/mol. The van der Waals surface area contributed by atoms with E-state index in [2.05, 4.69) is 45.1 Å². The molecule has 112 valence electrons. The second-order valence-electron chi connectivity index (χ2n) is 5.42. The van der Waals surface area contributed by atoms with Crippen molar-refractivity contribution in [1.29, 1.82) is 0 Å². The third-order valence-electron chi connectivity index (χ3n) is 3.62. The van der Waals surface area contributed by atoms with Gasteiger partial charge in [-0.3, -0.25) is 0 Å². The van der Waals surface area contributed by atoms with Gasteiger partial charge in [0.25, 0.3) is 0 Å². The largest absolute Gasteiger partial charge is 0.362 e. The number of hydrogen-bond donors (Lipinski definition) is 3. The molecule has 0 saturated heterocycles. The minimum absolute atomic E-state index is 0.294. The molecule has 0 aromatic carbocycles. The summed E-state index contributed by atoms with van der Waals surface area (Å²) in [5.41, 5.74) is 2.64. The van der Waals surface area contributed by atoms with Crippen LogP contribution < -0.4 is 16.6 Å². The Morgan fingerprint density at radius 3 is 2.81 bits per heavy atom. The molecule has 0 amide bonds. The summed E-state index contributed by atoms with van der Waals surface area (Å²) in [5, 5.41) is 5.66. The van der Waals surface area contributed by atoms with Crippen LogP contribution in [0.4, 0.5) is 11.6 Å². The quantitative estimate of drug-likeness (QED) is 0.537. The lowest BCUT2D eigenvalue weighted by Gasteiger charge is -2.18. The molecule has 1 saturated carbocycles. The van der Waals surface area contributed by atoms with Crippen LogP contribution in [-0.4, -0.2) is 9.97 Å². The van der Waals surface area contributed by atoms with Gasteiger partial charge in [0.05, 0.1) is 6.04 Å². The van der Waals surface area contributed by atoms with Crippen LogP contribution in [0.15, 0.2) is 23.6 Å². The molecule has 5 nitrogen and oxygen atoms in total. The molecule has 1 aliphatic carbocycles. The van der Waals surface area contributed by atoms with Crippen LogP contribution in [0.1, 0.15) is 55.3 Å². The molecule has 2 aromatic heterocycles. The van der Waals surface area contributed by atoms with E-state index >= 15 is 0 Å². The summed E-state index contributed by atoms with van der Waals surface area (Å²) in [7, 11) is 0. The number of nitrogens with zero attached hydrogens (tertiary/aromatic N) is 2. The van der Waals surface area contributed by atoms with Crippen molar-refractivity contribution < 1.29 is 0 Å². The van der Waals surface area contributed by atoms with Crippen LogP contribution in [0, 0.1) is 0 Å². The van der Waals surface area contributed by atoms with Gasteiger partial charge < -0.3 is 10.7 Å². The van der Waals surface area contributed by atoms with Gasteiger partial charge in [0.1, 0.15) is 17.5 Å². The molecule has 4 N–H and O–H groups in total. The Bertz CT molecular complexity index is 580. The first kappa shape index (κ1) is 14.3. The van der Waals surface area contributed by atoms with E-state index < -0.39 is 0 Å². The number of hydrogen-bond acceptors (Lipinski definition) is 6. The van der Waals surface area contributed by atoms with Crippen LogP contribution in [0.25, 0.3) is 0 Å². The summed E-state index contributed by atoms with van der Waals surface area (Å²) in [6, 6.07) is 6.43. The fourth-order valence-electron chi connectivity index (χ4n) is 2.38. The number of rotatable bonds is 7. The summed E-state index contributed by atoms with van der Waals surface area (Å²) in [6.45, 7) is 2.20. The second-order valence-corrected chi connectivity index (χ2v) is 6.40. The predicted molar refractivity (Wildman–Crippen MR) is 87.4 cm³/mol. The minimum atomic E-state index is 0.294. The van der Waals surface area contributed by atoms with Crippen molar-refractivity contribution in [2.75, 3.05) is 10.7 Å². The summed E-state index contributed by atoms with van der Waals surface area (Å²) < 4.78 is 0. The Kier molecular flexibility index (Phi) is 4.36. The number of hydrazine groups is 1. The Labute approximate surface area is 129 Å². The monoisotopic (exact) mass is 303 g/mol. The van der Waals surface area contributed by atoms with E-state index in [0.29, 0.717) is 17.8 Å². The Morgan fingerprint density at radius 2 is 2.19 bits per heavy atom. The third kappa shape index (κ3) is 3.51. The van der Waals surface area contributed by atoms with Gasteiger partial charge >= 0.3 is 0 Å². The second kappa shape index (κ2) is 6.41. The van der Waals surface area contributed by atoms with Crippen LogP contribution in [-0.2, 0) is 0 Å². The normalized spacial score (nSPS) is 15.7. The standard InChI is InChI=1S/C15H21N5S/c1-2-4-11(12-5-3-8-21-12)17-13-9-14(20-16)19-15(18-13)10-6-7-10/h3,5,8-11H,2,4,6-7,16H2,1H3,(H2,17,18,19,20). The highest BCUT2D eigenvalue weighted by molar-refractivity contribution is 7.10. The van der Waals surface area contributed by atoms with Gasteiger partial charge in [-0.2, -0.15) is 0 Å². The van der Waals surface area contributed by atoms with E-state index in [1.165, 1.54) is 17.7 Å². The SMILES string of the molecule is CCCC(Nc1cc(NN)nc(C2CC2)n1)c1cccs1. The number of nitrogens with two attached hydrogens (primary N) is 1. The van der Waals surface area contributed by atoms with E-state index in [9.17, 15) is 0 Å². The van der Waals surface area contributed by atoms with Crippen molar-refractivity contribution in [3.8, 4) is 0 Å². The molecule has 3 rings (SSSR count). The number of aromatic nitrogens is 2. The molecule has 2 heterocycles. The van der Waals surface area contributed by atoms with Crippen molar-refractivity contribution in [2.45, 2.75) is 44.6 Å². The molecular formula is C15H21N5S. The number of anilines is 2. The average Bonchev–Trinajstić information content (AvgIpc) is 3.21. The van der Waals surface area contributed by atoms with Crippen molar-refractivity contribution in [1.82, 2.24) is 9.97 Å². The molecule has 0 aliphatic heterocycles.